The molecule has 0 fully saturated rings. The third-order valence-electron chi connectivity index (χ3n) is 4.82. The molecule has 0 aliphatic rings. The molecule has 1 aromatic carbocycles. The minimum atomic E-state index is -0.532. The van der Waals surface area contributed by atoms with E-state index in [1.54, 1.807) is 11.5 Å². The van der Waals surface area contributed by atoms with E-state index < -0.39 is 11.9 Å². The molecule has 31 heavy (non-hydrogen) atoms. The number of aromatic nitrogens is 2. The largest absolute Gasteiger partial charge is 0.338 e. The Labute approximate surface area is 189 Å². The van der Waals surface area contributed by atoms with E-state index in [-0.39, 0.29) is 11.3 Å². The Morgan fingerprint density at radius 3 is 2.52 bits per heavy atom. The Balaban J connectivity index is 1.97. The lowest BCUT2D eigenvalue weighted by Crippen LogP contribution is -2.40. The van der Waals surface area contributed by atoms with Crippen LogP contribution in [0.2, 0.25) is 0 Å². The lowest BCUT2D eigenvalue weighted by atomic mass is 10.1. The first kappa shape index (κ1) is 23.0. The highest BCUT2D eigenvalue weighted by Crippen LogP contribution is 2.29. The van der Waals surface area contributed by atoms with Gasteiger partial charge >= 0.3 is 6.03 Å². The summed E-state index contributed by atoms with van der Waals surface area (Å²) in [6.07, 6.45) is 0.835. The summed E-state index contributed by atoms with van der Waals surface area (Å²) in [5.41, 5.74) is 2.99. The summed E-state index contributed by atoms with van der Waals surface area (Å²) in [6, 6.07) is 7.45. The molecule has 3 amide bonds. The van der Waals surface area contributed by atoms with Crippen molar-refractivity contribution in [2.45, 2.75) is 45.8 Å². The van der Waals surface area contributed by atoms with Gasteiger partial charge in [0.25, 0.3) is 5.56 Å². The number of nitrogens with one attached hydrogen (secondary N) is 2. The molecule has 9 heteroatoms. The summed E-state index contributed by atoms with van der Waals surface area (Å²) in [6.45, 7) is 8.60. The van der Waals surface area contributed by atoms with E-state index in [1.807, 2.05) is 38.1 Å². The highest BCUT2D eigenvalue weighted by atomic mass is 32.2. The fourth-order valence-corrected chi connectivity index (χ4v) is 5.16. The molecule has 3 aromatic rings. The lowest BCUT2D eigenvalue weighted by molar-refractivity contribution is -0.117. The number of urea groups is 1. The number of benzene rings is 1. The van der Waals surface area contributed by atoms with Gasteiger partial charge in [0.2, 0.25) is 5.91 Å². The van der Waals surface area contributed by atoms with E-state index in [4.69, 9.17) is 4.98 Å². The molecule has 0 saturated heterocycles. The minimum Gasteiger partial charge on any atom is -0.338 e. The monoisotopic (exact) mass is 458 g/mol. The summed E-state index contributed by atoms with van der Waals surface area (Å²) >= 11 is 2.67. The van der Waals surface area contributed by atoms with Gasteiger partial charge in [-0.05, 0) is 38.3 Å². The summed E-state index contributed by atoms with van der Waals surface area (Å²) in [5.74, 6) is -0.461. The molecular formula is C22H26N4O3S2. The van der Waals surface area contributed by atoms with Crippen LogP contribution in [0.1, 0.15) is 35.4 Å². The van der Waals surface area contributed by atoms with Crippen LogP contribution in [0.4, 0.5) is 4.79 Å². The predicted octanol–water partition coefficient (Wildman–Crippen LogP) is 3.62. The molecule has 164 valence electrons. The standard InChI is InChI=1S/C22H26N4O3S2/c1-5-16-14(4)18-19(31-16)25-22(30-12-17(27)24-21(29)23-6-2)26(20(18)28)11-15-9-7-13(3)8-10-15/h7-10H,5-6,11-12H2,1-4H3,(H2,23,24,27,29). The molecule has 7 nitrogen and oxygen atoms in total. The first-order valence-corrected chi connectivity index (χ1v) is 11.9. The number of amides is 3. The maximum absolute atomic E-state index is 13.4. The third-order valence-corrected chi connectivity index (χ3v) is 7.13. The second-order valence-corrected chi connectivity index (χ2v) is 9.18. The molecule has 0 saturated carbocycles. The maximum atomic E-state index is 13.4. The van der Waals surface area contributed by atoms with Gasteiger partial charge in [0.05, 0.1) is 17.7 Å². The van der Waals surface area contributed by atoms with Gasteiger partial charge in [0, 0.05) is 11.4 Å². The zero-order valence-electron chi connectivity index (χ0n) is 18.1. The molecule has 0 atom stereocenters. The fourth-order valence-electron chi connectivity index (χ4n) is 3.20. The van der Waals surface area contributed by atoms with Crippen molar-refractivity contribution < 1.29 is 9.59 Å². The number of nitrogens with zero attached hydrogens (tertiary/aromatic N) is 2. The highest BCUT2D eigenvalue weighted by Gasteiger charge is 2.19. The van der Waals surface area contributed by atoms with Crippen LogP contribution in [0.25, 0.3) is 10.2 Å². The Hall–Kier alpha value is -2.65. The van der Waals surface area contributed by atoms with E-state index in [0.29, 0.717) is 28.5 Å². The van der Waals surface area contributed by atoms with Gasteiger partial charge in [-0.15, -0.1) is 11.3 Å². The van der Waals surface area contributed by atoms with E-state index in [0.717, 1.165) is 39.8 Å². The van der Waals surface area contributed by atoms with Crippen LogP contribution in [0.15, 0.2) is 34.2 Å². The Bertz CT molecular complexity index is 1170. The average molecular weight is 459 g/mol. The third kappa shape index (κ3) is 5.34. The second kappa shape index (κ2) is 10.1. The summed E-state index contributed by atoms with van der Waals surface area (Å²) in [7, 11) is 0. The molecule has 0 aliphatic heterocycles. The Morgan fingerprint density at radius 2 is 1.87 bits per heavy atom. The fraction of sp³-hybridized carbons (Fsp3) is 0.364. The minimum absolute atomic E-state index is 0.0199. The molecular weight excluding hydrogens is 432 g/mol. The van der Waals surface area contributed by atoms with Crippen molar-refractivity contribution in [3.05, 3.63) is 56.2 Å². The van der Waals surface area contributed by atoms with Gasteiger partial charge in [-0.2, -0.15) is 0 Å². The number of fused-ring (bicyclic) bond motifs is 1. The molecule has 3 rings (SSSR count). The van der Waals surface area contributed by atoms with Crippen LogP contribution in [0.5, 0.6) is 0 Å². The van der Waals surface area contributed by atoms with E-state index >= 15 is 0 Å². The smallest absolute Gasteiger partial charge is 0.321 e. The summed E-state index contributed by atoms with van der Waals surface area (Å²) in [4.78, 5) is 43.7. The van der Waals surface area contributed by atoms with Gasteiger partial charge in [-0.1, -0.05) is 48.5 Å². The number of rotatable bonds is 7. The quantitative estimate of drug-likeness (QED) is 0.417. The molecule has 2 heterocycles. The zero-order valence-corrected chi connectivity index (χ0v) is 19.7. The molecule has 0 radical (unpaired) electrons. The average Bonchev–Trinajstić information content (AvgIpc) is 3.06. The van der Waals surface area contributed by atoms with Crippen LogP contribution in [-0.4, -0.2) is 33.8 Å². The molecule has 0 unspecified atom stereocenters. The normalized spacial score (nSPS) is 11.0. The molecule has 0 bridgehead atoms. The predicted molar refractivity (Wildman–Crippen MR) is 126 cm³/mol. The Morgan fingerprint density at radius 1 is 1.16 bits per heavy atom. The number of hydrogen-bond acceptors (Lipinski definition) is 6. The van der Waals surface area contributed by atoms with E-state index in [1.165, 1.54) is 11.3 Å². The number of carbonyl (C=O) groups excluding carboxylic acids is 2. The van der Waals surface area contributed by atoms with Gasteiger partial charge in [0.1, 0.15) is 4.83 Å². The van der Waals surface area contributed by atoms with Crippen molar-refractivity contribution in [2.24, 2.45) is 0 Å². The van der Waals surface area contributed by atoms with Gasteiger partial charge in [-0.3, -0.25) is 19.5 Å². The molecule has 2 N–H and O–H groups in total. The van der Waals surface area contributed by atoms with Crippen molar-refractivity contribution in [1.82, 2.24) is 20.2 Å². The lowest BCUT2D eigenvalue weighted by Gasteiger charge is -2.12. The van der Waals surface area contributed by atoms with Crippen LogP contribution in [0, 0.1) is 13.8 Å². The number of hydrogen-bond donors (Lipinski definition) is 2. The molecule has 2 aromatic heterocycles. The number of thioether (sulfide) groups is 1. The molecule has 0 spiro atoms. The van der Waals surface area contributed by atoms with Crippen molar-refractivity contribution >= 4 is 45.3 Å². The van der Waals surface area contributed by atoms with Crippen molar-refractivity contribution in [3.63, 3.8) is 0 Å². The van der Waals surface area contributed by atoms with Crippen LogP contribution >= 0.6 is 23.1 Å². The number of thiophene rings is 1. The summed E-state index contributed by atoms with van der Waals surface area (Å²) < 4.78 is 1.62. The number of aryl methyl sites for hydroxylation is 3. The number of carbonyl (C=O) groups is 2. The topological polar surface area (TPSA) is 93.1 Å². The molecule has 0 aliphatic carbocycles. The maximum Gasteiger partial charge on any atom is 0.321 e. The zero-order chi connectivity index (χ0) is 22.5. The van der Waals surface area contributed by atoms with Crippen molar-refractivity contribution in [3.8, 4) is 0 Å². The van der Waals surface area contributed by atoms with E-state index in [9.17, 15) is 14.4 Å². The van der Waals surface area contributed by atoms with Crippen LogP contribution < -0.4 is 16.2 Å². The number of imide groups is 1. The van der Waals surface area contributed by atoms with Crippen molar-refractivity contribution in [1.29, 1.82) is 0 Å². The van der Waals surface area contributed by atoms with Crippen LogP contribution in [0.3, 0.4) is 0 Å². The second-order valence-electron chi connectivity index (χ2n) is 7.15. The highest BCUT2D eigenvalue weighted by molar-refractivity contribution is 7.99. The first-order chi connectivity index (χ1) is 14.8. The Kier molecular flexibility index (Phi) is 7.50. The first-order valence-electron chi connectivity index (χ1n) is 10.1. The van der Waals surface area contributed by atoms with E-state index in [2.05, 4.69) is 17.6 Å². The van der Waals surface area contributed by atoms with Gasteiger partial charge in [0.15, 0.2) is 5.16 Å². The van der Waals surface area contributed by atoms with Gasteiger partial charge < -0.3 is 5.32 Å². The SMILES string of the molecule is CCNC(=O)NC(=O)CSc1nc2sc(CC)c(C)c2c(=O)n1Cc1ccc(C)cc1. The summed E-state index contributed by atoms with van der Waals surface area (Å²) in [5, 5.41) is 5.91. The van der Waals surface area contributed by atoms with Crippen LogP contribution in [-0.2, 0) is 17.8 Å². The van der Waals surface area contributed by atoms with Gasteiger partial charge in [-0.25, -0.2) is 9.78 Å². The van der Waals surface area contributed by atoms with Crippen molar-refractivity contribution in [2.75, 3.05) is 12.3 Å².